The van der Waals surface area contributed by atoms with E-state index in [2.05, 4.69) is 17.9 Å². The number of benzene rings is 1. The number of amides is 1. The number of aryl methyl sites for hydroxylation is 1. The molecule has 12 heteroatoms. The molecule has 1 unspecified atom stereocenters. The molecule has 1 atom stereocenters. The van der Waals surface area contributed by atoms with Crippen LogP contribution in [0.25, 0.3) is 0 Å². The fourth-order valence-corrected chi connectivity index (χ4v) is 5.51. The summed E-state index contributed by atoms with van der Waals surface area (Å²) in [6, 6.07) is 5.67. The Labute approximate surface area is 219 Å². The smallest absolute Gasteiger partial charge is 0.458 e. The molecule has 0 spiro atoms. The summed E-state index contributed by atoms with van der Waals surface area (Å²) in [6.07, 6.45) is 15.5. The average molecular weight is 536 g/mol. The molecule has 3 aliphatic rings. The molecule has 3 heterocycles. The van der Waals surface area contributed by atoms with E-state index in [0.717, 1.165) is 30.8 Å². The zero-order chi connectivity index (χ0) is 27.5. The number of aromatic nitrogens is 2. The third kappa shape index (κ3) is 6.39. The second kappa shape index (κ2) is 11.2. The van der Waals surface area contributed by atoms with Crippen LogP contribution in [0.3, 0.4) is 0 Å². The molecule has 0 N–H and O–H groups in total. The number of allylic oxidation sites excluding steroid dienone is 1. The van der Waals surface area contributed by atoms with Crippen LogP contribution in [0.1, 0.15) is 62.2 Å². The summed E-state index contributed by atoms with van der Waals surface area (Å²) in [5, 5.41) is 0. The quantitative estimate of drug-likeness (QED) is 0.164. The van der Waals surface area contributed by atoms with Crippen molar-refractivity contribution in [3.05, 3.63) is 54.1 Å². The number of carbonyl (C=O) groups is 2. The zero-order valence-electron chi connectivity index (χ0n) is 21.7. The number of rotatable bonds is 7. The number of imidazole rings is 1. The molecule has 5 rings (SSSR count). The van der Waals surface area contributed by atoms with Crippen LogP contribution in [0.2, 0.25) is 0 Å². The highest BCUT2D eigenvalue weighted by Crippen LogP contribution is 2.51. The van der Waals surface area contributed by atoms with E-state index in [1.54, 1.807) is 0 Å². The Morgan fingerprint density at radius 1 is 1.13 bits per heavy atom. The Hall–Kier alpha value is -3.31. The monoisotopic (exact) mass is 536 g/mol. The molecule has 1 aromatic heterocycles. The van der Waals surface area contributed by atoms with Crippen LogP contribution in [0.5, 0.6) is 0 Å². The molecule has 1 saturated heterocycles. The van der Waals surface area contributed by atoms with Crippen molar-refractivity contribution in [2.45, 2.75) is 64.1 Å². The van der Waals surface area contributed by atoms with E-state index in [-0.39, 0.29) is 17.5 Å². The lowest BCUT2D eigenvalue weighted by Crippen LogP contribution is -2.52. The number of ether oxygens (including phenoxy) is 1. The van der Waals surface area contributed by atoms with Crippen LogP contribution in [-0.4, -0.2) is 42.5 Å². The van der Waals surface area contributed by atoms with Gasteiger partial charge in [-0.05, 0) is 63.6 Å². The van der Waals surface area contributed by atoms with Crippen molar-refractivity contribution >= 4 is 30.5 Å². The van der Waals surface area contributed by atoms with Crippen molar-refractivity contribution in [1.29, 1.82) is 0 Å². The van der Waals surface area contributed by atoms with Gasteiger partial charge in [0.05, 0.1) is 24.0 Å². The van der Waals surface area contributed by atoms with Crippen molar-refractivity contribution < 1.29 is 36.2 Å². The Morgan fingerprint density at radius 3 is 2.55 bits per heavy atom. The molecular weight excluding hydrogens is 503 g/mol. The lowest BCUT2D eigenvalue weighted by atomic mass is 9.96. The van der Waals surface area contributed by atoms with Gasteiger partial charge in [-0.15, -0.1) is 0 Å². The van der Waals surface area contributed by atoms with Crippen LogP contribution in [0.15, 0.2) is 48.6 Å². The van der Waals surface area contributed by atoms with E-state index >= 15 is 0 Å². The summed E-state index contributed by atoms with van der Waals surface area (Å²) in [7, 11) is -4.05. The van der Waals surface area contributed by atoms with Gasteiger partial charge in [-0.2, -0.15) is 0 Å². The van der Waals surface area contributed by atoms with Gasteiger partial charge in [-0.25, -0.2) is 13.9 Å². The van der Waals surface area contributed by atoms with Gasteiger partial charge in [-0.3, -0.25) is 9.69 Å². The number of esters is 1. The first-order valence-electron chi connectivity index (χ1n) is 12.9. The number of hydrogen-bond donors (Lipinski definition) is 0. The maximum absolute atomic E-state index is 12.9. The topological polar surface area (TPSA) is 58.7 Å². The van der Waals surface area contributed by atoms with Gasteiger partial charge in [0.15, 0.2) is 0 Å². The molecule has 2 aliphatic heterocycles. The van der Waals surface area contributed by atoms with Crippen LogP contribution in [-0.2, 0) is 23.1 Å². The summed E-state index contributed by atoms with van der Waals surface area (Å²) in [5.41, 5.74) is 3.54. The second-order valence-corrected chi connectivity index (χ2v) is 10.1. The Kier molecular flexibility index (Phi) is 8.17. The van der Waals surface area contributed by atoms with Gasteiger partial charge in [0.1, 0.15) is 31.2 Å². The molecule has 1 amide bonds. The predicted molar refractivity (Wildman–Crippen MR) is 136 cm³/mol. The van der Waals surface area contributed by atoms with E-state index in [1.165, 1.54) is 31.3 Å². The van der Waals surface area contributed by atoms with E-state index in [4.69, 9.17) is 4.74 Å². The molecule has 1 aromatic carbocycles. The van der Waals surface area contributed by atoms with E-state index in [1.807, 2.05) is 58.0 Å². The van der Waals surface area contributed by atoms with Gasteiger partial charge in [0, 0.05) is 13.0 Å². The van der Waals surface area contributed by atoms with Gasteiger partial charge >= 0.3 is 13.2 Å². The lowest BCUT2D eigenvalue weighted by Gasteiger charge is -2.38. The summed E-state index contributed by atoms with van der Waals surface area (Å²) in [6.45, 7) is 3.94. The molecule has 7 nitrogen and oxygen atoms in total. The largest absolute Gasteiger partial charge is 0.673 e. The Morgan fingerprint density at radius 2 is 1.89 bits per heavy atom. The molecule has 2 aromatic rings. The highest BCUT2D eigenvalue weighted by Gasteiger charge is 2.52. The number of halogens is 4. The maximum Gasteiger partial charge on any atom is 0.673 e. The number of nitrogens with zero attached hydrogens (tertiary/aromatic N) is 4. The van der Waals surface area contributed by atoms with Gasteiger partial charge in [0.2, 0.25) is 12.2 Å². The number of anilines is 2. The van der Waals surface area contributed by atoms with Crippen LogP contribution in [0.4, 0.5) is 28.6 Å². The minimum Gasteiger partial charge on any atom is -0.458 e. The summed E-state index contributed by atoms with van der Waals surface area (Å²) in [4.78, 5) is 29.9. The highest BCUT2D eigenvalue weighted by molar-refractivity contribution is 6.50. The van der Waals surface area contributed by atoms with Gasteiger partial charge < -0.3 is 26.9 Å². The molecular formula is C26H33BF4N4O3. The zero-order valence-corrected chi connectivity index (χ0v) is 21.7. The van der Waals surface area contributed by atoms with Crippen molar-refractivity contribution in [2.24, 2.45) is 7.05 Å². The molecule has 0 bridgehead atoms. The third-order valence-corrected chi connectivity index (χ3v) is 7.32. The van der Waals surface area contributed by atoms with Crippen molar-refractivity contribution in [3.8, 4) is 0 Å². The first-order chi connectivity index (χ1) is 18.0. The van der Waals surface area contributed by atoms with Crippen molar-refractivity contribution in [1.82, 2.24) is 4.57 Å². The second-order valence-electron chi connectivity index (χ2n) is 10.1. The summed E-state index contributed by atoms with van der Waals surface area (Å²) in [5.74, 6) is -0.224. The highest BCUT2D eigenvalue weighted by atomic mass is 19.5. The maximum atomic E-state index is 12.9. The minimum atomic E-state index is -6.00. The normalized spacial score (nSPS) is 20.5. The van der Waals surface area contributed by atoms with Crippen molar-refractivity contribution in [3.63, 3.8) is 0 Å². The van der Waals surface area contributed by atoms with Gasteiger partial charge in [-0.1, -0.05) is 11.6 Å². The number of hydrogen-bond acceptors (Lipinski definition) is 4. The van der Waals surface area contributed by atoms with E-state index in [9.17, 15) is 26.9 Å². The third-order valence-electron chi connectivity index (χ3n) is 7.32. The number of carbonyl (C=O) groups excluding carboxylic acids is 2. The SMILES string of the molecule is C[n+]1ccn(CCOC(=O)c2ccc3c(c2)N2C(=O)CCC2(C)N3CCC2=CCCCC2)c1.F[B-](F)(F)F. The molecule has 1 aliphatic carbocycles. The Balaban J connectivity index is 0.000000617. The first kappa shape index (κ1) is 27.7. The van der Waals surface area contributed by atoms with E-state index in [0.29, 0.717) is 25.1 Å². The lowest BCUT2D eigenvalue weighted by molar-refractivity contribution is -0.671. The molecule has 0 saturated carbocycles. The molecule has 38 heavy (non-hydrogen) atoms. The van der Waals surface area contributed by atoms with Gasteiger partial charge in [0.25, 0.3) is 0 Å². The average Bonchev–Trinajstić information content (AvgIpc) is 3.48. The van der Waals surface area contributed by atoms with Crippen LogP contribution in [0, 0.1) is 0 Å². The molecule has 1 fully saturated rings. The van der Waals surface area contributed by atoms with E-state index < -0.39 is 7.25 Å². The minimum absolute atomic E-state index is 0.129. The first-order valence-corrected chi connectivity index (χ1v) is 12.9. The number of fused-ring (bicyclic) bond motifs is 3. The fraction of sp³-hybridized carbons (Fsp3) is 0.500. The fourth-order valence-electron chi connectivity index (χ4n) is 5.51. The summed E-state index contributed by atoms with van der Waals surface area (Å²) >= 11 is 0. The summed E-state index contributed by atoms with van der Waals surface area (Å²) < 4.78 is 48.4. The van der Waals surface area contributed by atoms with Crippen LogP contribution < -0.4 is 14.4 Å². The Bertz CT molecular complexity index is 1210. The predicted octanol–water partition coefficient (Wildman–Crippen LogP) is 5.02. The van der Waals surface area contributed by atoms with Crippen molar-refractivity contribution in [2.75, 3.05) is 23.0 Å². The van der Waals surface area contributed by atoms with Crippen LogP contribution >= 0.6 is 0 Å². The molecule has 206 valence electrons. The standard InChI is InChI=1S/C26H33N4O3.BF4/c1-26-12-10-24(31)30(26)23-18-21(25(32)33-17-16-28-15-14-27(2)19-28)8-9-22(23)29(26)13-11-20-6-4-3-5-7-20;2-1(3,4)5/h6,8-9,14-15,18-19H,3-5,7,10-13,16-17H2,1-2H3;/q+1;-1. The molecule has 0 radical (unpaired) electrons.